The van der Waals surface area contributed by atoms with Crippen LogP contribution >= 0.6 is 0 Å². The number of hydrogen-bond donors (Lipinski definition) is 2. The summed E-state index contributed by atoms with van der Waals surface area (Å²) in [6.07, 6.45) is 2.95. The molecule has 34 heavy (non-hydrogen) atoms. The Balaban J connectivity index is 1.78. The van der Waals surface area contributed by atoms with E-state index >= 15 is 0 Å². The van der Waals surface area contributed by atoms with E-state index < -0.39 is 23.0 Å². The molecule has 178 valence electrons. The van der Waals surface area contributed by atoms with E-state index in [4.69, 9.17) is 10.5 Å². The number of benzene rings is 1. The van der Waals surface area contributed by atoms with Gasteiger partial charge in [0, 0.05) is 23.8 Å². The number of halogens is 3. The average Bonchev–Trinajstić information content (AvgIpc) is 3.10. The van der Waals surface area contributed by atoms with Gasteiger partial charge in [-0.15, -0.1) is 0 Å². The van der Waals surface area contributed by atoms with Gasteiger partial charge in [-0.2, -0.15) is 0 Å². The van der Waals surface area contributed by atoms with Crippen molar-refractivity contribution in [2.24, 2.45) is 5.73 Å². The molecule has 0 saturated heterocycles. The van der Waals surface area contributed by atoms with E-state index in [-0.39, 0.29) is 12.2 Å². The van der Waals surface area contributed by atoms with Gasteiger partial charge in [0.2, 0.25) is 0 Å². The van der Waals surface area contributed by atoms with E-state index in [9.17, 15) is 13.2 Å². The lowest BCUT2D eigenvalue weighted by Gasteiger charge is -2.25. The van der Waals surface area contributed by atoms with Crippen LogP contribution in [0.15, 0.2) is 42.7 Å². The summed E-state index contributed by atoms with van der Waals surface area (Å²) >= 11 is 0. The van der Waals surface area contributed by atoms with Crippen LogP contribution in [0, 0.1) is 31.3 Å². The van der Waals surface area contributed by atoms with Gasteiger partial charge in [-0.25, -0.2) is 23.1 Å². The van der Waals surface area contributed by atoms with Crippen LogP contribution in [0.2, 0.25) is 0 Å². The summed E-state index contributed by atoms with van der Waals surface area (Å²) in [7, 11) is 0. The Morgan fingerprint density at radius 1 is 1.09 bits per heavy atom. The van der Waals surface area contributed by atoms with Crippen molar-refractivity contribution in [2.45, 2.75) is 39.8 Å². The van der Waals surface area contributed by atoms with Crippen LogP contribution in [0.4, 0.5) is 19.0 Å². The molecule has 9 heteroatoms. The molecule has 3 heterocycles. The number of nitrogens with one attached hydrogen (secondary N) is 1. The second-order valence-corrected chi connectivity index (χ2v) is 8.87. The standard InChI is InChI=1S/C25H26F3N5O/c1-14-8-21(34-12-17-18(26)6-5-7-19(17)27)24-31-15(2)23(33(24)11-14)16-9-22(30-10-20(16)28)32-25(3,4)13-29/h5-11H,12-13,29H2,1-4H3,(H,30,32). The highest BCUT2D eigenvalue weighted by Crippen LogP contribution is 2.33. The Morgan fingerprint density at radius 2 is 1.79 bits per heavy atom. The van der Waals surface area contributed by atoms with Crippen molar-refractivity contribution in [3.05, 3.63) is 77.0 Å². The smallest absolute Gasteiger partial charge is 0.180 e. The summed E-state index contributed by atoms with van der Waals surface area (Å²) in [5.41, 5.74) is 7.77. The largest absolute Gasteiger partial charge is 0.485 e. The topological polar surface area (TPSA) is 77.5 Å². The molecule has 0 unspecified atom stereocenters. The van der Waals surface area contributed by atoms with Crippen molar-refractivity contribution in [3.8, 4) is 17.0 Å². The van der Waals surface area contributed by atoms with Crippen molar-refractivity contribution in [1.82, 2.24) is 14.4 Å². The van der Waals surface area contributed by atoms with Gasteiger partial charge < -0.3 is 15.8 Å². The summed E-state index contributed by atoms with van der Waals surface area (Å²) in [6, 6.07) is 6.99. The maximum atomic E-state index is 14.9. The molecule has 3 N–H and O–H groups in total. The molecule has 0 saturated carbocycles. The van der Waals surface area contributed by atoms with E-state index in [1.165, 1.54) is 18.2 Å². The molecule has 3 aromatic heterocycles. The first-order valence-electron chi connectivity index (χ1n) is 10.8. The number of nitrogens with zero attached hydrogens (tertiary/aromatic N) is 3. The maximum Gasteiger partial charge on any atom is 0.180 e. The highest BCUT2D eigenvalue weighted by atomic mass is 19.1. The number of nitrogens with two attached hydrogens (primary N) is 1. The third-order valence-corrected chi connectivity index (χ3v) is 5.52. The van der Waals surface area contributed by atoms with Crippen LogP contribution in [-0.4, -0.2) is 26.5 Å². The number of hydrogen-bond acceptors (Lipinski definition) is 5. The Bertz CT molecular complexity index is 1350. The molecule has 0 spiro atoms. The number of pyridine rings is 2. The third-order valence-electron chi connectivity index (χ3n) is 5.52. The van der Waals surface area contributed by atoms with E-state index in [0.717, 1.165) is 11.8 Å². The monoisotopic (exact) mass is 469 g/mol. The van der Waals surface area contributed by atoms with Gasteiger partial charge in [0.05, 0.1) is 23.1 Å². The molecule has 0 amide bonds. The van der Waals surface area contributed by atoms with Crippen molar-refractivity contribution >= 4 is 11.5 Å². The first-order chi connectivity index (χ1) is 16.1. The first-order valence-corrected chi connectivity index (χ1v) is 10.8. The number of rotatable bonds is 7. The fourth-order valence-electron chi connectivity index (χ4n) is 3.69. The van der Waals surface area contributed by atoms with Gasteiger partial charge in [0.1, 0.15) is 24.1 Å². The van der Waals surface area contributed by atoms with Gasteiger partial charge in [0.15, 0.2) is 17.2 Å². The predicted molar refractivity (Wildman–Crippen MR) is 125 cm³/mol. The van der Waals surface area contributed by atoms with E-state index in [1.807, 2.05) is 20.8 Å². The molecule has 4 rings (SSSR count). The van der Waals surface area contributed by atoms with E-state index in [0.29, 0.717) is 40.7 Å². The van der Waals surface area contributed by atoms with Crippen LogP contribution in [0.3, 0.4) is 0 Å². The third kappa shape index (κ3) is 4.56. The summed E-state index contributed by atoms with van der Waals surface area (Å²) in [5, 5.41) is 3.21. The lowest BCUT2D eigenvalue weighted by atomic mass is 10.1. The van der Waals surface area contributed by atoms with Gasteiger partial charge in [-0.1, -0.05) is 6.07 Å². The molecule has 0 aliphatic carbocycles. The number of ether oxygens (including phenoxy) is 1. The SMILES string of the molecule is Cc1cc(OCc2c(F)cccc2F)c2nc(C)c(-c3cc(NC(C)(C)CN)ncc3F)n2c1. The minimum absolute atomic E-state index is 0.177. The van der Waals surface area contributed by atoms with Crippen LogP contribution in [0.25, 0.3) is 16.9 Å². The van der Waals surface area contributed by atoms with E-state index in [1.54, 1.807) is 29.7 Å². The molecule has 0 atom stereocenters. The summed E-state index contributed by atoms with van der Waals surface area (Å²) in [5.74, 6) is -1.10. The van der Waals surface area contributed by atoms with Gasteiger partial charge >= 0.3 is 0 Å². The molecule has 0 radical (unpaired) electrons. The number of imidazole rings is 1. The molecule has 1 aromatic carbocycles. The van der Waals surface area contributed by atoms with Crippen molar-refractivity contribution in [3.63, 3.8) is 0 Å². The summed E-state index contributed by atoms with van der Waals surface area (Å²) in [6.45, 7) is 7.48. The zero-order chi connectivity index (χ0) is 24.6. The normalized spacial score (nSPS) is 11.8. The van der Waals surface area contributed by atoms with Crippen LogP contribution in [0.5, 0.6) is 5.75 Å². The summed E-state index contributed by atoms with van der Waals surface area (Å²) in [4.78, 5) is 8.71. The second kappa shape index (κ2) is 8.98. The lowest BCUT2D eigenvalue weighted by Crippen LogP contribution is -2.39. The second-order valence-electron chi connectivity index (χ2n) is 8.87. The number of aryl methyl sites for hydroxylation is 2. The van der Waals surface area contributed by atoms with Gasteiger partial charge in [-0.05, 0) is 57.5 Å². The average molecular weight is 470 g/mol. The number of aromatic nitrogens is 3. The molecule has 0 fully saturated rings. The Labute approximate surface area is 195 Å². The zero-order valence-electron chi connectivity index (χ0n) is 19.4. The fraction of sp³-hybridized carbons (Fsp3) is 0.280. The minimum Gasteiger partial charge on any atom is -0.485 e. The molecule has 0 aliphatic rings. The Kier molecular flexibility index (Phi) is 6.22. The fourth-order valence-corrected chi connectivity index (χ4v) is 3.69. The van der Waals surface area contributed by atoms with Crippen molar-refractivity contribution < 1.29 is 17.9 Å². The molecular formula is C25H26F3N5O. The first kappa shape index (κ1) is 23.6. The molecule has 4 aromatic rings. The van der Waals surface area contributed by atoms with Crippen LogP contribution < -0.4 is 15.8 Å². The highest BCUT2D eigenvalue weighted by molar-refractivity contribution is 5.72. The Morgan fingerprint density at radius 3 is 2.47 bits per heavy atom. The lowest BCUT2D eigenvalue weighted by molar-refractivity contribution is 0.294. The molecular weight excluding hydrogens is 443 g/mol. The predicted octanol–water partition coefficient (Wildman–Crippen LogP) is 5.16. The molecule has 0 bridgehead atoms. The van der Waals surface area contributed by atoms with Crippen LogP contribution in [-0.2, 0) is 6.61 Å². The van der Waals surface area contributed by atoms with Gasteiger partial charge in [-0.3, -0.25) is 4.40 Å². The maximum absolute atomic E-state index is 14.9. The molecule has 0 aliphatic heterocycles. The number of fused-ring (bicyclic) bond motifs is 1. The summed E-state index contributed by atoms with van der Waals surface area (Å²) < 4.78 is 50.6. The quantitative estimate of drug-likeness (QED) is 0.391. The number of anilines is 1. The Hall–Kier alpha value is -3.59. The van der Waals surface area contributed by atoms with Crippen LogP contribution in [0.1, 0.15) is 30.7 Å². The van der Waals surface area contributed by atoms with Crippen molar-refractivity contribution in [2.75, 3.05) is 11.9 Å². The minimum atomic E-state index is -0.692. The highest BCUT2D eigenvalue weighted by Gasteiger charge is 2.21. The zero-order valence-corrected chi connectivity index (χ0v) is 19.4. The van der Waals surface area contributed by atoms with E-state index in [2.05, 4.69) is 15.3 Å². The molecule has 6 nitrogen and oxygen atoms in total. The van der Waals surface area contributed by atoms with Gasteiger partial charge in [0.25, 0.3) is 0 Å². The van der Waals surface area contributed by atoms with Crippen molar-refractivity contribution in [1.29, 1.82) is 0 Å².